The van der Waals surface area contributed by atoms with Crippen molar-refractivity contribution in [2.24, 2.45) is 0 Å². The van der Waals surface area contributed by atoms with Gasteiger partial charge in [0.15, 0.2) is 0 Å². The van der Waals surface area contributed by atoms with Crippen molar-refractivity contribution in [3.63, 3.8) is 0 Å². The third-order valence-electron chi connectivity index (χ3n) is 9.05. The molecule has 0 aromatic heterocycles. The highest BCUT2D eigenvalue weighted by Gasteiger charge is 2.28. The van der Waals surface area contributed by atoms with Gasteiger partial charge in [-0.05, 0) is 70.6 Å². The minimum absolute atomic E-state index is 0.337. The topological polar surface area (TPSA) is 110 Å². The van der Waals surface area contributed by atoms with Crippen LogP contribution in [0.1, 0.15) is 187 Å². The van der Waals surface area contributed by atoms with E-state index in [2.05, 4.69) is 55.6 Å². The number of aliphatic hydroxyl groups excluding tert-OH is 4. The molecule has 0 aliphatic heterocycles. The van der Waals surface area contributed by atoms with Gasteiger partial charge in [0.25, 0.3) is 0 Å². The summed E-state index contributed by atoms with van der Waals surface area (Å²) in [7, 11) is 0. The van der Waals surface area contributed by atoms with Gasteiger partial charge in [-0.1, -0.05) is 153 Å². The maximum atomic E-state index is 12.4. The number of carbonyl (C=O) groups is 1. The van der Waals surface area contributed by atoms with Crippen LogP contribution in [0.15, 0.2) is 36.5 Å². The molecule has 0 aromatic rings. The first-order valence-corrected chi connectivity index (χ1v) is 19.9. The molecule has 5 N–H and O–H groups in total. The molecule has 0 aliphatic rings. The molecule has 0 aliphatic carbocycles. The minimum Gasteiger partial charge on any atom is -0.394 e. The molecule has 0 saturated heterocycles. The summed E-state index contributed by atoms with van der Waals surface area (Å²) in [6.45, 7) is 3.95. The predicted octanol–water partition coefficient (Wildman–Crippen LogP) is 9.79. The highest BCUT2D eigenvalue weighted by Crippen LogP contribution is 2.14. The van der Waals surface area contributed by atoms with Crippen LogP contribution in [0.3, 0.4) is 0 Å². The molecule has 0 rings (SSSR count). The SMILES string of the molecule is CCCC/C=C\CCCCCC(O)C(=O)NC(CO)C(O)C(O)CCC/C=C/CC/C=C/CCCCCCCCCCCCCCC. The molecule has 0 saturated carbocycles. The lowest BCUT2D eigenvalue weighted by Crippen LogP contribution is -2.53. The Bertz CT molecular complexity index is 752. The molecule has 0 fully saturated rings. The Balaban J connectivity index is 3.81. The molecule has 0 spiro atoms. The van der Waals surface area contributed by atoms with Crippen LogP contribution in [-0.2, 0) is 4.79 Å². The smallest absolute Gasteiger partial charge is 0.249 e. The molecule has 0 radical (unpaired) electrons. The van der Waals surface area contributed by atoms with Gasteiger partial charge in [-0.3, -0.25) is 4.79 Å². The van der Waals surface area contributed by atoms with Crippen molar-refractivity contribution in [1.29, 1.82) is 0 Å². The standard InChI is InChI=1S/C41H77NO5/c1-3-5-7-9-11-13-14-15-16-17-18-19-20-21-22-23-24-25-27-28-30-32-34-38(44)40(46)37(36-43)42-41(47)39(45)35-33-31-29-26-12-10-8-6-4-2/h10,12,22-23,27-28,37-40,43-46H,3-9,11,13-21,24-26,29-36H2,1-2H3,(H,42,47)/b12-10-,23-22+,28-27+. The summed E-state index contributed by atoms with van der Waals surface area (Å²) in [5.41, 5.74) is 0. The molecular weight excluding hydrogens is 586 g/mol. The quantitative estimate of drug-likeness (QED) is 0.0343. The monoisotopic (exact) mass is 664 g/mol. The summed E-state index contributed by atoms with van der Waals surface area (Å²) >= 11 is 0. The molecule has 1 amide bonds. The zero-order valence-corrected chi connectivity index (χ0v) is 30.8. The Morgan fingerprint density at radius 2 is 0.915 bits per heavy atom. The van der Waals surface area contributed by atoms with E-state index in [1.165, 1.54) is 103 Å². The molecule has 0 heterocycles. The van der Waals surface area contributed by atoms with E-state index in [9.17, 15) is 25.2 Å². The van der Waals surface area contributed by atoms with Crippen LogP contribution in [-0.4, -0.2) is 57.3 Å². The molecule has 0 bridgehead atoms. The lowest BCUT2D eigenvalue weighted by atomic mass is 10.00. The second kappa shape index (κ2) is 35.8. The minimum atomic E-state index is -1.29. The van der Waals surface area contributed by atoms with Gasteiger partial charge in [0.2, 0.25) is 5.91 Å². The van der Waals surface area contributed by atoms with Gasteiger partial charge < -0.3 is 25.7 Å². The Hall–Kier alpha value is -1.47. The van der Waals surface area contributed by atoms with Gasteiger partial charge in [-0.25, -0.2) is 0 Å². The highest BCUT2D eigenvalue weighted by atomic mass is 16.3. The summed E-state index contributed by atoms with van der Waals surface area (Å²) in [6.07, 6.45) is 40.5. The Morgan fingerprint density at radius 1 is 0.511 bits per heavy atom. The summed E-state index contributed by atoms with van der Waals surface area (Å²) in [5.74, 6) is -0.615. The van der Waals surface area contributed by atoms with Crippen LogP contribution in [0.4, 0.5) is 0 Å². The maximum absolute atomic E-state index is 12.4. The maximum Gasteiger partial charge on any atom is 0.249 e. The van der Waals surface area contributed by atoms with Crippen LogP contribution >= 0.6 is 0 Å². The van der Waals surface area contributed by atoms with E-state index in [0.717, 1.165) is 51.4 Å². The third-order valence-corrected chi connectivity index (χ3v) is 9.05. The van der Waals surface area contributed by atoms with Crippen LogP contribution < -0.4 is 5.32 Å². The molecule has 47 heavy (non-hydrogen) atoms. The van der Waals surface area contributed by atoms with Crippen molar-refractivity contribution in [3.8, 4) is 0 Å². The Morgan fingerprint density at radius 3 is 1.40 bits per heavy atom. The number of hydrogen-bond acceptors (Lipinski definition) is 5. The van der Waals surface area contributed by atoms with Crippen molar-refractivity contribution in [1.82, 2.24) is 5.32 Å². The number of aliphatic hydroxyl groups is 4. The van der Waals surface area contributed by atoms with Gasteiger partial charge in [-0.2, -0.15) is 0 Å². The molecule has 276 valence electrons. The van der Waals surface area contributed by atoms with Crippen molar-refractivity contribution >= 4 is 5.91 Å². The molecule has 4 unspecified atom stereocenters. The van der Waals surface area contributed by atoms with E-state index in [0.29, 0.717) is 19.3 Å². The summed E-state index contributed by atoms with van der Waals surface area (Å²) in [4.78, 5) is 12.4. The van der Waals surface area contributed by atoms with E-state index in [4.69, 9.17) is 0 Å². The lowest BCUT2D eigenvalue weighted by Gasteiger charge is -2.27. The number of unbranched alkanes of at least 4 members (excludes halogenated alkanes) is 20. The average molecular weight is 664 g/mol. The highest BCUT2D eigenvalue weighted by molar-refractivity contribution is 5.80. The van der Waals surface area contributed by atoms with Crippen LogP contribution in [0.25, 0.3) is 0 Å². The summed E-state index contributed by atoms with van der Waals surface area (Å²) in [6, 6.07) is -1.01. The predicted molar refractivity (Wildman–Crippen MR) is 200 cm³/mol. The fourth-order valence-electron chi connectivity index (χ4n) is 5.81. The van der Waals surface area contributed by atoms with E-state index in [1.54, 1.807) is 0 Å². The largest absolute Gasteiger partial charge is 0.394 e. The number of carbonyl (C=O) groups excluding carboxylic acids is 1. The van der Waals surface area contributed by atoms with Gasteiger partial charge in [0.05, 0.1) is 18.8 Å². The van der Waals surface area contributed by atoms with E-state index >= 15 is 0 Å². The molecule has 4 atom stereocenters. The second-order valence-corrected chi connectivity index (χ2v) is 13.6. The summed E-state index contributed by atoms with van der Waals surface area (Å²) < 4.78 is 0. The van der Waals surface area contributed by atoms with E-state index in [1.807, 2.05) is 0 Å². The number of nitrogens with one attached hydrogen (secondary N) is 1. The average Bonchev–Trinajstić information content (AvgIpc) is 3.07. The number of rotatable bonds is 35. The Labute approximate surface area is 290 Å². The first kappa shape index (κ1) is 45.5. The van der Waals surface area contributed by atoms with Crippen LogP contribution in [0.2, 0.25) is 0 Å². The first-order valence-electron chi connectivity index (χ1n) is 19.9. The van der Waals surface area contributed by atoms with Gasteiger partial charge in [0, 0.05) is 0 Å². The van der Waals surface area contributed by atoms with E-state index in [-0.39, 0.29) is 0 Å². The van der Waals surface area contributed by atoms with Gasteiger partial charge >= 0.3 is 0 Å². The second-order valence-electron chi connectivity index (χ2n) is 13.6. The van der Waals surface area contributed by atoms with Crippen LogP contribution in [0, 0.1) is 0 Å². The third kappa shape index (κ3) is 30.3. The lowest BCUT2D eigenvalue weighted by molar-refractivity contribution is -0.132. The van der Waals surface area contributed by atoms with Crippen molar-refractivity contribution < 1.29 is 25.2 Å². The zero-order valence-electron chi connectivity index (χ0n) is 30.8. The van der Waals surface area contributed by atoms with Crippen molar-refractivity contribution in [2.75, 3.05) is 6.61 Å². The number of hydrogen-bond donors (Lipinski definition) is 5. The molecule has 6 nitrogen and oxygen atoms in total. The first-order chi connectivity index (χ1) is 23.0. The van der Waals surface area contributed by atoms with Crippen molar-refractivity contribution in [3.05, 3.63) is 36.5 Å². The molecule has 0 aromatic carbocycles. The number of allylic oxidation sites excluding steroid dienone is 6. The molecular formula is C41H77NO5. The van der Waals surface area contributed by atoms with Gasteiger partial charge in [-0.15, -0.1) is 0 Å². The zero-order chi connectivity index (χ0) is 34.6. The van der Waals surface area contributed by atoms with Crippen molar-refractivity contribution in [2.45, 2.75) is 212 Å². The number of amides is 1. The fraction of sp³-hybridized carbons (Fsp3) is 0.829. The fourth-order valence-corrected chi connectivity index (χ4v) is 5.81. The normalized spacial score (nSPS) is 14.8. The van der Waals surface area contributed by atoms with Crippen LogP contribution in [0.5, 0.6) is 0 Å². The molecule has 6 heteroatoms. The van der Waals surface area contributed by atoms with E-state index < -0.39 is 36.9 Å². The van der Waals surface area contributed by atoms with Gasteiger partial charge in [0.1, 0.15) is 12.2 Å². The summed E-state index contributed by atoms with van der Waals surface area (Å²) in [5, 5.41) is 43.3. The Kier molecular flexibility index (Phi) is 34.7.